The Morgan fingerprint density at radius 3 is 2.69 bits per heavy atom. The average molecular weight is 446 g/mol. The number of thioether (sulfide) groups is 1. The average Bonchev–Trinajstić information content (AvgIpc) is 3.11. The van der Waals surface area contributed by atoms with E-state index in [1.54, 1.807) is 12.4 Å². The van der Waals surface area contributed by atoms with Gasteiger partial charge in [-0.3, -0.25) is 19.8 Å². The van der Waals surface area contributed by atoms with Gasteiger partial charge in [0.2, 0.25) is 0 Å². The van der Waals surface area contributed by atoms with Gasteiger partial charge in [-0.25, -0.2) is 9.97 Å². The van der Waals surface area contributed by atoms with Crippen LogP contribution in [0.1, 0.15) is 11.1 Å². The third kappa shape index (κ3) is 4.43. The molecule has 32 heavy (non-hydrogen) atoms. The largest absolute Gasteiger partial charge is 0.304 e. The third-order valence-electron chi connectivity index (χ3n) is 5.80. The Bertz CT molecular complexity index is 1230. The van der Waals surface area contributed by atoms with E-state index in [2.05, 4.69) is 56.4 Å². The van der Waals surface area contributed by atoms with Crippen molar-refractivity contribution < 1.29 is 9.59 Å². The molecule has 3 heterocycles. The van der Waals surface area contributed by atoms with Gasteiger partial charge in [0.15, 0.2) is 0 Å². The minimum atomic E-state index is -0.360. The van der Waals surface area contributed by atoms with Crippen molar-refractivity contribution in [3.63, 3.8) is 0 Å². The van der Waals surface area contributed by atoms with Gasteiger partial charge >= 0.3 is 0 Å². The molecule has 0 unspecified atom stereocenters. The molecule has 8 heteroatoms. The van der Waals surface area contributed by atoms with E-state index in [0.29, 0.717) is 4.91 Å². The van der Waals surface area contributed by atoms with Crippen molar-refractivity contribution in [2.75, 3.05) is 33.2 Å². The number of aromatic nitrogens is 2. The molecule has 7 nitrogen and oxygen atoms in total. The summed E-state index contributed by atoms with van der Waals surface area (Å²) < 4.78 is 0. The molecule has 5 rings (SSSR count). The SMILES string of the molecule is CN1CCN(Cc2cccc(-c3ncnc4ccc(C=C5SC(=O)NC5=O)cc34)c2)CC1. The maximum Gasteiger partial charge on any atom is 0.290 e. The molecule has 3 aromatic rings. The highest BCUT2D eigenvalue weighted by molar-refractivity contribution is 8.18. The highest BCUT2D eigenvalue weighted by Crippen LogP contribution is 2.30. The standard InChI is InChI=1S/C24H23N5O2S/c1-28-7-9-29(10-8-28)14-17-3-2-4-18(11-17)22-19-12-16(5-6-20(19)25-15-26-22)13-21-23(30)27-24(31)32-21/h2-6,11-13,15H,7-10,14H2,1H3,(H,27,30,31). The number of nitrogens with one attached hydrogen (secondary N) is 1. The summed E-state index contributed by atoms with van der Waals surface area (Å²) in [5, 5.41) is 2.86. The van der Waals surface area contributed by atoms with E-state index in [9.17, 15) is 9.59 Å². The fourth-order valence-electron chi connectivity index (χ4n) is 4.05. The third-order valence-corrected chi connectivity index (χ3v) is 6.61. The Balaban J connectivity index is 1.47. The predicted octanol–water partition coefficient (Wildman–Crippen LogP) is 3.37. The zero-order chi connectivity index (χ0) is 22.1. The van der Waals surface area contributed by atoms with Crippen molar-refractivity contribution in [2.24, 2.45) is 0 Å². The first-order chi connectivity index (χ1) is 15.5. The first kappa shape index (κ1) is 20.8. The van der Waals surface area contributed by atoms with E-state index >= 15 is 0 Å². The lowest BCUT2D eigenvalue weighted by molar-refractivity contribution is -0.115. The predicted molar refractivity (Wildman–Crippen MR) is 127 cm³/mol. The molecule has 0 spiro atoms. The molecule has 0 bridgehead atoms. The Morgan fingerprint density at radius 1 is 1.06 bits per heavy atom. The van der Waals surface area contributed by atoms with Crippen LogP contribution in [0.15, 0.2) is 53.7 Å². The smallest absolute Gasteiger partial charge is 0.290 e. The van der Waals surface area contributed by atoms with E-state index < -0.39 is 0 Å². The number of carbonyl (C=O) groups excluding carboxylic acids is 2. The second-order valence-corrected chi connectivity index (χ2v) is 9.15. The van der Waals surface area contributed by atoms with Crippen LogP contribution < -0.4 is 5.32 Å². The summed E-state index contributed by atoms with van der Waals surface area (Å²) in [5.41, 5.74) is 4.82. The number of benzene rings is 2. The first-order valence-electron chi connectivity index (χ1n) is 10.5. The molecule has 1 N–H and O–H groups in total. The summed E-state index contributed by atoms with van der Waals surface area (Å²) in [7, 11) is 2.16. The van der Waals surface area contributed by atoms with E-state index in [1.807, 2.05) is 18.2 Å². The summed E-state index contributed by atoms with van der Waals surface area (Å²) in [4.78, 5) is 37.6. The van der Waals surface area contributed by atoms with Gasteiger partial charge < -0.3 is 4.90 Å². The lowest BCUT2D eigenvalue weighted by atomic mass is 10.0. The van der Waals surface area contributed by atoms with Gasteiger partial charge in [0.1, 0.15) is 6.33 Å². The summed E-state index contributed by atoms with van der Waals surface area (Å²) in [5.74, 6) is -0.360. The Labute approximate surface area is 190 Å². The quantitative estimate of drug-likeness (QED) is 0.617. The van der Waals surface area contributed by atoms with Gasteiger partial charge in [0.05, 0.1) is 16.1 Å². The van der Waals surface area contributed by atoms with Crippen molar-refractivity contribution in [2.45, 2.75) is 6.54 Å². The number of fused-ring (bicyclic) bond motifs is 1. The van der Waals surface area contributed by atoms with Crippen molar-refractivity contribution >= 4 is 39.9 Å². The number of imide groups is 1. The topological polar surface area (TPSA) is 78.4 Å². The minimum Gasteiger partial charge on any atom is -0.304 e. The monoisotopic (exact) mass is 445 g/mol. The number of carbonyl (C=O) groups is 2. The van der Waals surface area contributed by atoms with Crippen LogP contribution in [0.3, 0.4) is 0 Å². The molecule has 2 amide bonds. The second kappa shape index (κ2) is 8.82. The summed E-state index contributed by atoms with van der Waals surface area (Å²) in [6, 6.07) is 14.3. The molecule has 162 valence electrons. The van der Waals surface area contributed by atoms with Gasteiger partial charge in [-0.15, -0.1) is 0 Å². The van der Waals surface area contributed by atoms with Gasteiger partial charge in [-0.05, 0) is 54.2 Å². The maximum atomic E-state index is 11.9. The fourth-order valence-corrected chi connectivity index (χ4v) is 4.73. The fraction of sp³-hybridized carbons (Fsp3) is 0.250. The molecule has 1 aromatic heterocycles. The van der Waals surface area contributed by atoms with Crippen LogP contribution in [-0.2, 0) is 11.3 Å². The van der Waals surface area contributed by atoms with Gasteiger partial charge in [0.25, 0.3) is 11.1 Å². The van der Waals surface area contributed by atoms with E-state index in [1.165, 1.54) is 5.56 Å². The molecule has 2 saturated heterocycles. The normalized spacial score (nSPS) is 19.1. The van der Waals surface area contributed by atoms with Crippen LogP contribution in [0.2, 0.25) is 0 Å². The molecule has 2 fully saturated rings. The molecule has 2 aliphatic rings. The zero-order valence-corrected chi connectivity index (χ0v) is 18.6. The maximum absolute atomic E-state index is 11.9. The van der Waals surface area contributed by atoms with Crippen LogP contribution >= 0.6 is 11.8 Å². The Hall–Kier alpha value is -3.07. The minimum absolute atomic E-state index is 0.344. The lowest BCUT2D eigenvalue weighted by Gasteiger charge is -2.32. The van der Waals surface area contributed by atoms with E-state index in [4.69, 9.17) is 0 Å². The number of hydrogen-bond acceptors (Lipinski definition) is 7. The molecule has 2 aliphatic heterocycles. The van der Waals surface area contributed by atoms with Gasteiger partial charge in [-0.1, -0.05) is 24.3 Å². The number of amides is 2. The number of likely N-dealkylation sites (N-methyl/N-ethyl adjacent to an activating group) is 1. The molecule has 0 radical (unpaired) electrons. The summed E-state index contributed by atoms with van der Waals surface area (Å²) in [6.07, 6.45) is 3.31. The van der Waals surface area contributed by atoms with Crippen molar-refractivity contribution in [3.8, 4) is 11.3 Å². The number of nitrogens with zero attached hydrogens (tertiary/aromatic N) is 4. The van der Waals surface area contributed by atoms with Gasteiger partial charge in [0, 0.05) is 43.7 Å². The Kier molecular flexibility index (Phi) is 5.73. The van der Waals surface area contributed by atoms with Crippen LogP contribution in [0.4, 0.5) is 4.79 Å². The first-order valence-corrected chi connectivity index (χ1v) is 11.4. The van der Waals surface area contributed by atoms with Gasteiger partial charge in [-0.2, -0.15) is 0 Å². The summed E-state index contributed by atoms with van der Waals surface area (Å²) >= 11 is 0.916. The molecule has 0 saturated carbocycles. The van der Waals surface area contributed by atoms with Crippen molar-refractivity contribution in [3.05, 3.63) is 64.8 Å². The van der Waals surface area contributed by atoms with Crippen LogP contribution in [0.25, 0.3) is 28.2 Å². The van der Waals surface area contributed by atoms with E-state index in [-0.39, 0.29) is 11.1 Å². The highest BCUT2D eigenvalue weighted by Gasteiger charge is 2.25. The van der Waals surface area contributed by atoms with Crippen LogP contribution in [0.5, 0.6) is 0 Å². The van der Waals surface area contributed by atoms with Crippen molar-refractivity contribution in [1.82, 2.24) is 25.1 Å². The van der Waals surface area contributed by atoms with Crippen LogP contribution in [-0.4, -0.2) is 64.1 Å². The summed E-state index contributed by atoms with van der Waals surface area (Å²) in [6.45, 7) is 5.25. The second-order valence-electron chi connectivity index (χ2n) is 8.13. The highest BCUT2D eigenvalue weighted by atomic mass is 32.2. The van der Waals surface area contributed by atoms with Crippen molar-refractivity contribution in [1.29, 1.82) is 0 Å². The molecular formula is C24H23N5O2S. The molecule has 2 aromatic carbocycles. The Morgan fingerprint density at radius 2 is 1.91 bits per heavy atom. The van der Waals surface area contributed by atoms with E-state index in [0.717, 1.165) is 72.2 Å². The molecule has 0 aliphatic carbocycles. The number of hydrogen-bond donors (Lipinski definition) is 1. The molecular weight excluding hydrogens is 422 g/mol. The molecule has 0 atom stereocenters. The number of piperazine rings is 1. The lowest BCUT2D eigenvalue weighted by Crippen LogP contribution is -2.43. The zero-order valence-electron chi connectivity index (χ0n) is 17.7. The van der Waals surface area contributed by atoms with Crippen LogP contribution in [0, 0.1) is 0 Å². The number of rotatable bonds is 4.